The number of hydrogen-bond donors (Lipinski definition) is 1. The number of ether oxygens (including phenoxy) is 2. The molecule has 25 heavy (non-hydrogen) atoms. The minimum atomic E-state index is -0.500. The van der Waals surface area contributed by atoms with Gasteiger partial charge in [-0.15, -0.1) is 0 Å². The second-order valence-corrected chi connectivity index (χ2v) is 5.44. The Hall–Kier alpha value is -3.29. The molecule has 8 heteroatoms. The molecule has 3 rings (SSSR count). The number of amides is 2. The third kappa shape index (κ3) is 3.79. The standard InChI is InChI=1S/C17H17N3O5/c1-2-19(10-12-6-7-15-16(8-12)25-11-24-15)17(21)18-13-4-3-5-14(9-13)20(22)23/h3-9H,2,10-11H2,1H3,(H,18,21). The van der Waals surface area contributed by atoms with E-state index in [0.717, 1.165) is 5.56 Å². The van der Waals surface area contributed by atoms with Crippen LogP contribution in [0.2, 0.25) is 0 Å². The molecule has 2 amide bonds. The van der Waals surface area contributed by atoms with Gasteiger partial charge < -0.3 is 19.7 Å². The van der Waals surface area contributed by atoms with Crippen LogP contribution in [0.25, 0.3) is 0 Å². The minimum absolute atomic E-state index is 0.0726. The van der Waals surface area contributed by atoms with E-state index in [4.69, 9.17) is 9.47 Å². The number of carbonyl (C=O) groups is 1. The number of anilines is 1. The van der Waals surface area contributed by atoms with Crippen molar-refractivity contribution in [3.8, 4) is 11.5 Å². The van der Waals surface area contributed by atoms with Crippen molar-refractivity contribution >= 4 is 17.4 Å². The average Bonchev–Trinajstić information content (AvgIpc) is 3.07. The van der Waals surface area contributed by atoms with Gasteiger partial charge >= 0.3 is 6.03 Å². The highest BCUT2D eigenvalue weighted by Gasteiger charge is 2.17. The molecule has 0 spiro atoms. The Kier molecular flexibility index (Phi) is 4.69. The maximum absolute atomic E-state index is 12.5. The van der Waals surface area contributed by atoms with Crippen molar-refractivity contribution < 1.29 is 19.2 Å². The summed E-state index contributed by atoms with van der Waals surface area (Å²) in [6, 6.07) is 11.0. The Morgan fingerprint density at radius 3 is 2.80 bits per heavy atom. The van der Waals surface area contributed by atoms with E-state index in [2.05, 4.69) is 5.32 Å². The van der Waals surface area contributed by atoms with Gasteiger partial charge in [-0.25, -0.2) is 4.79 Å². The van der Waals surface area contributed by atoms with E-state index < -0.39 is 4.92 Å². The second kappa shape index (κ2) is 7.08. The normalized spacial score (nSPS) is 11.9. The molecule has 0 unspecified atom stereocenters. The number of benzene rings is 2. The Morgan fingerprint density at radius 2 is 2.04 bits per heavy atom. The number of nitrogens with zero attached hydrogens (tertiary/aromatic N) is 2. The van der Waals surface area contributed by atoms with E-state index in [1.807, 2.05) is 25.1 Å². The van der Waals surface area contributed by atoms with Crippen LogP contribution >= 0.6 is 0 Å². The summed E-state index contributed by atoms with van der Waals surface area (Å²) in [4.78, 5) is 24.4. The third-order valence-corrected chi connectivity index (χ3v) is 3.79. The maximum Gasteiger partial charge on any atom is 0.322 e. The molecule has 1 N–H and O–H groups in total. The van der Waals surface area contributed by atoms with Crippen LogP contribution in [0.1, 0.15) is 12.5 Å². The molecule has 0 fully saturated rings. The first kappa shape index (κ1) is 16.6. The third-order valence-electron chi connectivity index (χ3n) is 3.79. The molecule has 1 aliphatic heterocycles. The SMILES string of the molecule is CCN(Cc1ccc2c(c1)OCO2)C(=O)Nc1cccc([N+](=O)[O-])c1. The predicted octanol–water partition coefficient (Wildman–Crippen LogP) is 3.38. The van der Waals surface area contributed by atoms with Crippen LogP contribution in [-0.4, -0.2) is 29.2 Å². The molecule has 0 saturated heterocycles. The lowest BCUT2D eigenvalue weighted by Crippen LogP contribution is -2.34. The number of nitro benzene ring substituents is 1. The van der Waals surface area contributed by atoms with Gasteiger partial charge in [0.2, 0.25) is 6.79 Å². The fourth-order valence-corrected chi connectivity index (χ4v) is 2.49. The van der Waals surface area contributed by atoms with E-state index in [9.17, 15) is 14.9 Å². The average molecular weight is 343 g/mol. The van der Waals surface area contributed by atoms with Gasteiger partial charge in [0.05, 0.1) is 4.92 Å². The fraction of sp³-hybridized carbons (Fsp3) is 0.235. The first-order chi connectivity index (χ1) is 12.1. The van der Waals surface area contributed by atoms with E-state index in [1.54, 1.807) is 11.0 Å². The molecule has 1 heterocycles. The van der Waals surface area contributed by atoms with Gasteiger partial charge in [-0.05, 0) is 30.7 Å². The second-order valence-electron chi connectivity index (χ2n) is 5.44. The number of nitrogens with one attached hydrogen (secondary N) is 1. The zero-order chi connectivity index (χ0) is 17.8. The van der Waals surface area contributed by atoms with Gasteiger partial charge in [-0.1, -0.05) is 12.1 Å². The highest BCUT2D eigenvalue weighted by atomic mass is 16.7. The lowest BCUT2D eigenvalue weighted by atomic mass is 10.2. The quantitative estimate of drug-likeness (QED) is 0.663. The van der Waals surface area contributed by atoms with Crippen molar-refractivity contribution in [3.05, 3.63) is 58.1 Å². The smallest absolute Gasteiger partial charge is 0.322 e. The van der Waals surface area contributed by atoms with Crippen LogP contribution in [0.4, 0.5) is 16.2 Å². The summed E-state index contributed by atoms with van der Waals surface area (Å²) >= 11 is 0. The van der Waals surface area contributed by atoms with Crippen molar-refractivity contribution in [2.45, 2.75) is 13.5 Å². The zero-order valence-electron chi connectivity index (χ0n) is 13.6. The topological polar surface area (TPSA) is 93.9 Å². The number of rotatable bonds is 5. The van der Waals surface area contributed by atoms with Crippen LogP contribution in [0.15, 0.2) is 42.5 Å². The lowest BCUT2D eigenvalue weighted by molar-refractivity contribution is -0.384. The summed E-state index contributed by atoms with van der Waals surface area (Å²) < 4.78 is 10.6. The zero-order valence-corrected chi connectivity index (χ0v) is 13.6. The molecule has 0 bridgehead atoms. The molecule has 0 saturated carbocycles. The summed E-state index contributed by atoms with van der Waals surface area (Å²) in [7, 11) is 0. The van der Waals surface area contributed by atoms with Gasteiger partial charge in [0, 0.05) is 30.9 Å². The first-order valence-electron chi connectivity index (χ1n) is 7.75. The summed E-state index contributed by atoms with van der Waals surface area (Å²) in [5.74, 6) is 1.35. The van der Waals surface area contributed by atoms with Gasteiger partial charge in [-0.2, -0.15) is 0 Å². The molecule has 0 aromatic heterocycles. The van der Waals surface area contributed by atoms with E-state index in [-0.39, 0.29) is 18.5 Å². The molecular formula is C17H17N3O5. The van der Waals surface area contributed by atoms with Crippen molar-refractivity contribution in [3.63, 3.8) is 0 Å². The number of urea groups is 1. The van der Waals surface area contributed by atoms with Crippen molar-refractivity contribution in [1.29, 1.82) is 0 Å². The number of hydrogen-bond acceptors (Lipinski definition) is 5. The van der Waals surface area contributed by atoms with Crippen LogP contribution in [0, 0.1) is 10.1 Å². The van der Waals surface area contributed by atoms with Crippen LogP contribution in [0.5, 0.6) is 11.5 Å². The summed E-state index contributed by atoms with van der Waals surface area (Å²) in [6.45, 7) is 2.92. The monoisotopic (exact) mass is 343 g/mol. The Balaban J connectivity index is 1.69. The summed E-state index contributed by atoms with van der Waals surface area (Å²) in [5, 5.41) is 13.5. The Morgan fingerprint density at radius 1 is 1.24 bits per heavy atom. The van der Waals surface area contributed by atoms with Crippen molar-refractivity contribution in [2.24, 2.45) is 0 Å². The van der Waals surface area contributed by atoms with E-state index in [0.29, 0.717) is 30.3 Å². The van der Waals surface area contributed by atoms with Crippen molar-refractivity contribution in [2.75, 3.05) is 18.7 Å². The molecule has 8 nitrogen and oxygen atoms in total. The number of non-ortho nitro benzene ring substituents is 1. The maximum atomic E-state index is 12.5. The van der Waals surface area contributed by atoms with Crippen LogP contribution < -0.4 is 14.8 Å². The summed E-state index contributed by atoms with van der Waals surface area (Å²) in [6.07, 6.45) is 0. The number of nitro groups is 1. The molecule has 2 aromatic carbocycles. The predicted molar refractivity (Wildman–Crippen MR) is 90.8 cm³/mol. The lowest BCUT2D eigenvalue weighted by Gasteiger charge is -2.21. The van der Waals surface area contributed by atoms with Gasteiger partial charge in [-0.3, -0.25) is 10.1 Å². The van der Waals surface area contributed by atoms with Gasteiger partial charge in [0.15, 0.2) is 11.5 Å². The molecule has 130 valence electrons. The Bertz CT molecular complexity index is 809. The number of carbonyl (C=O) groups excluding carboxylic acids is 1. The van der Waals surface area contributed by atoms with E-state index >= 15 is 0 Å². The van der Waals surface area contributed by atoms with E-state index in [1.165, 1.54) is 18.2 Å². The highest BCUT2D eigenvalue weighted by molar-refractivity contribution is 5.89. The highest BCUT2D eigenvalue weighted by Crippen LogP contribution is 2.32. The van der Waals surface area contributed by atoms with Gasteiger partial charge in [0.25, 0.3) is 5.69 Å². The molecular weight excluding hydrogens is 326 g/mol. The minimum Gasteiger partial charge on any atom is -0.454 e. The fourth-order valence-electron chi connectivity index (χ4n) is 2.49. The first-order valence-corrected chi connectivity index (χ1v) is 7.75. The van der Waals surface area contributed by atoms with Crippen molar-refractivity contribution in [1.82, 2.24) is 4.90 Å². The number of fused-ring (bicyclic) bond motifs is 1. The molecule has 0 aliphatic carbocycles. The Labute approximate surface area is 144 Å². The molecule has 0 atom stereocenters. The van der Waals surface area contributed by atoms with Crippen LogP contribution in [-0.2, 0) is 6.54 Å². The molecule has 1 aliphatic rings. The largest absolute Gasteiger partial charge is 0.454 e. The molecule has 2 aromatic rings. The van der Waals surface area contributed by atoms with Gasteiger partial charge in [0.1, 0.15) is 0 Å². The summed E-state index contributed by atoms with van der Waals surface area (Å²) in [5.41, 5.74) is 1.21. The van der Waals surface area contributed by atoms with Crippen LogP contribution in [0.3, 0.4) is 0 Å². The molecule has 0 radical (unpaired) electrons.